The van der Waals surface area contributed by atoms with Gasteiger partial charge < -0.3 is 19.7 Å². The first-order valence-electron chi connectivity index (χ1n) is 10.3. The van der Waals surface area contributed by atoms with Crippen molar-refractivity contribution in [3.8, 4) is 0 Å². The first kappa shape index (κ1) is 22.9. The Morgan fingerprint density at radius 2 is 1.17 bits per heavy atom. The molecule has 0 heterocycles. The van der Waals surface area contributed by atoms with Crippen molar-refractivity contribution in [2.45, 2.75) is 83.8 Å². The summed E-state index contributed by atoms with van der Waals surface area (Å²) in [6.45, 7) is 2.91. The number of carbonyl (C=O) groups excluding carboxylic acids is 2. The molecule has 2 aliphatic carbocycles. The zero-order valence-electron chi connectivity index (χ0n) is 17.0. The quantitative estimate of drug-likeness (QED) is 0.438. The number of carbonyl (C=O) groups is 4. The molecule has 2 fully saturated rings. The van der Waals surface area contributed by atoms with E-state index in [1.54, 1.807) is 0 Å². The van der Waals surface area contributed by atoms with E-state index in [9.17, 15) is 24.3 Å². The number of hydrogen-bond donors (Lipinski definition) is 2. The maximum atomic E-state index is 12.7. The fourth-order valence-corrected chi connectivity index (χ4v) is 4.15. The van der Waals surface area contributed by atoms with Crippen LogP contribution in [0.25, 0.3) is 0 Å². The van der Waals surface area contributed by atoms with Crippen LogP contribution in [0.15, 0.2) is 11.1 Å². The lowest BCUT2D eigenvalue weighted by atomic mass is 9.84. The van der Waals surface area contributed by atoms with Crippen LogP contribution in [-0.2, 0) is 28.7 Å². The summed E-state index contributed by atoms with van der Waals surface area (Å²) in [6.07, 6.45) is 5.57. The molecule has 0 saturated heterocycles. The van der Waals surface area contributed by atoms with E-state index in [0.29, 0.717) is 0 Å². The van der Waals surface area contributed by atoms with Crippen LogP contribution in [0.4, 0.5) is 0 Å². The van der Waals surface area contributed by atoms with Gasteiger partial charge in [-0.05, 0) is 70.8 Å². The Balaban J connectivity index is 2.29. The molecular weight excluding hydrogens is 380 g/mol. The second-order valence-corrected chi connectivity index (χ2v) is 7.94. The van der Waals surface area contributed by atoms with Crippen LogP contribution in [0, 0.1) is 11.8 Å². The molecule has 0 aliphatic heterocycles. The number of ether oxygens (including phenoxy) is 2. The number of carboxylic acid groups (broad SMARTS) is 2. The molecule has 8 heteroatoms. The predicted molar refractivity (Wildman–Crippen MR) is 102 cm³/mol. The molecule has 0 spiro atoms. The van der Waals surface area contributed by atoms with Crippen LogP contribution in [0.1, 0.15) is 71.6 Å². The van der Waals surface area contributed by atoms with Gasteiger partial charge in [-0.1, -0.05) is 0 Å². The Morgan fingerprint density at radius 1 is 0.793 bits per heavy atom. The summed E-state index contributed by atoms with van der Waals surface area (Å²) in [7, 11) is 0. The molecule has 2 unspecified atom stereocenters. The highest BCUT2D eigenvalue weighted by molar-refractivity contribution is 5.96. The molecule has 2 atom stereocenters. The summed E-state index contributed by atoms with van der Waals surface area (Å²) in [5.74, 6) is -6.23. The Kier molecular flexibility index (Phi) is 8.22. The second kappa shape index (κ2) is 10.4. The van der Waals surface area contributed by atoms with E-state index in [-0.39, 0.29) is 17.8 Å². The third-order valence-electron chi connectivity index (χ3n) is 5.74. The normalized spacial score (nSPS) is 19.4. The Bertz CT molecular complexity index is 630. The average molecular weight is 410 g/mol. The van der Waals surface area contributed by atoms with Gasteiger partial charge in [-0.3, -0.25) is 14.4 Å². The molecule has 0 aromatic carbocycles. The van der Waals surface area contributed by atoms with Gasteiger partial charge in [-0.15, -0.1) is 0 Å². The average Bonchev–Trinajstić information content (AvgIpc) is 3.34. The summed E-state index contributed by atoms with van der Waals surface area (Å²) in [5, 5.41) is 18.7. The lowest BCUT2D eigenvalue weighted by Gasteiger charge is -2.25. The molecule has 8 nitrogen and oxygen atoms in total. The molecule has 2 rings (SSSR count). The SMILES string of the molecule is CC(C(=O)OC1CCCC1)C(=C(CC(=O)O)C(=O)O)C(C)C(=O)OC1CCCC1. The van der Waals surface area contributed by atoms with Crippen LogP contribution in [0.5, 0.6) is 0 Å². The van der Waals surface area contributed by atoms with Gasteiger partial charge >= 0.3 is 23.9 Å². The number of hydrogen-bond acceptors (Lipinski definition) is 6. The monoisotopic (exact) mass is 410 g/mol. The van der Waals surface area contributed by atoms with Gasteiger partial charge in [0.2, 0.25) is 0 Å². The largest absolute Gasteiger partial charge is 0.481 e. The lowest BCUT2D eigenvalue weighted by molar-refractivity contribution is -0.154. The minimum atomic E-state index is -1.47. The van der Waals surface area contributed by atoms with E-state index in [4.69, 9.17) is 14.6 Å². The van der Waals surface area contributed by atoms with E-state index in [1.807, 2.05) is 0 Å². The number of esters is 2. The van der Waals surface area contributed by atoms with Gasteiger partial charge in [0.05, 0.1) is 18.3 Å². The van der Waals surface area contributed by atoms with E-state index < -0.39 is 47.7 Å². The van der Waals surface area contributed by atoms with Crippen molar-refractivity contribution in [1.82, 2.24) is 0 Å². The highest BCUT2D eigenvalue weighted by atomic mass is 16.5. The summed E-state index contributed by atoms with van der Waals surface area (Å²) in [4.78, 5) is 48.4. The van der Waals surface area contributed by atoms with Gasteiger partial charge in [-0.2, -0.15) is 0 Å². The van der Waals surface area contributed by atoms with Crippen molar-refractivity contribution < 1.29 is 38.9 Å². The zero-order valence-corrected chi connectivity index (χ0v) is 17.0. The summed E-state index contributed by atoms with van der Waals surface area (Å²) < 4.78 is 11.0. The molecule has 162 valence electrons. The number of aliphatic carboxylic acids is 2. The number of rotatable bonds is 9. The molecule has 0 aromatic rings. The van der Waals surface area contributed by atoms with Crippen molar-refractivity contribution in [2.75, 3.05) is 0 Å². The topological polar surface area (TPSA) is 127 Å². The third-order valence-corrected chi connectivity index (χ3v) is 5.74. The van der Waals surface area contributed by atoms with Gasteiger partial charge in [0, 0.05) is 5.57 Å². The summed E-state index contributed by atoms with van der Waals surface area (Å²) >= 11 is 0. The highest BCUT2D eigenvalue weighted by Gasteiger charge is 2.36. The first-order valence-corrected chi connectivity index (χ1v) is 10.3. The molecule has 0 radical (unpaired) electrons. The fourth-order valence-electron chi connectivity index (χ4n) is 4.15. The summed E-state index contributed by atoms with van der Waals surface area (Å²) in [5.41, 5.74) is -0.518. The van der Waals surface area contributed by atoms with Gasteiger partial charge in [0.25, 0.3) is 0 Å². The minimum Gasteiger partial charge on any atom is -0.481 e. The van der Waals surface area contributed by atoms with E-state index in [2.05, 4.69) is 0 Å². The van der Waals surface area contributed by atoms with E-state index >= 15 is 0 Å². The lowest BCUT2D eigenvalue weighted by Crippen LogP contribution is -2.31. The molecular formula is C21H30O8. The van der Waals surface area contributed by atoms with Crippen LogP contribution in [-0.4, -0.2) is 46.3 Å². The Morgan fingerprint density at radius 3 is 1.48 bits per heavy atom. The van der Waals surface area contributed by atoms with Crippen LogP contribution < -0.4 is 0 Å². The second-order valence-electron chi connectivity index (χ2n) is 7.94. The highest BCUT2D eigenvalue weighted by Crippen LogP contribution is 2.31. The molecule has 2 saturated carbocycles. The maximum Gasteiger partial charge on any atom is 0.332 e. The smallest absolute Gasteiger partial charge is 0.332 e. The maximum absolute atomic E-state index is 12.7. The standard InChI is InChI=1S/C21H30O8/c1-12(20(26)28-14-7-3-4-8-14)18(16(19(24)25)11-17(22)23)13(2)21(27)29-15-9-5-6-10-15/h12-15H,3-11H2,1-2H3,(H,22,23)(H,24,25). The number of carboxylic acids is 2. The third kappa shape index (κ3) is 6.30. The van der Waals surface area contributed by atoms with Crippen LogP contribution in [0.3, 0.4) is 0 Å². The first-order chi connectivity index (χ1) is 13.7. The van der Waals surface area contributed by atoms with Crippen molar-refractivity contribution in [3.63, 3.8) is 0 Å². The van der Waals surface area contributed by atoms with Gasteiger partial charge in [0.15, 0.2) is 0 Å². The fraction of sp³-hybridized carbons (Fsp3) is 0.714. The van der Waals surface area contributed by atoms with Crippen molar-refractivity contribution in [2.24, 2.45) is 11.8 Å². The van der Waals surface area contributed by atoms with Crippen molar-refractivity contribution in [3.05, 3.63) is 11.1 Å². The predicted octanol–water partition coefficient (Wildman–Crippen LogP) is 3.09. The van der Waals surface area contributed by atoms with E-state index in [1.165, 1.54) is 13.8 Å². The Hall–Kier alpha value is -2.38. The summed E-state index contributed by atoms with van der Waals surface area (Å²) in [6, 6.07) is 0. The molecule has 0 bridgehead atoms. The van der Waals surface area contributed by atoms with Gasteiger partial charge in [-0.25, -0.2) is 4.79 Å². The van der Waals surface area contributed by atoms with Crippen LogP contribution in [0.2, 0.25) is 0 Å². The molecule has 2 aliphatic rings. The van der Waals surface area contributed by atoms with E-state index in [0.717, 1.165) is 51.4 Å². The Labute approximate surface area is 170 Å². The molecule has 0 aromatic heterocycles. The van der Waals surface area contributed by atoms with Gasteiger partial charge in [0.1, 0.15) is 12.2 Å². The molecule has 29 heavy (non-hydrogen) atoms. The minimum absolute atomic E-state index is 0.0501. The molecule has 0 amide bonds. The van der Waals surface area contributed by atoms with Crippen molar-refractivity contribution in [1.29, 1.82) is 0 Å². The zero-order chi connectivity index (χ0) is 21.6. The van der Waals surface area contributed by atoms with Crippen LogP contribution >= 0.6 is 0 Å². The van der Waals surface area contributed by atoms with Crippen molar-refractivity contribution >= 4 is 23.9 Å². The molecule has 2 N–H and O–H groups in total.